The van der Waals surface area contributed by atoms with Gasteiger partial charge in [0.05, 0.1) is 33.0 Å². The SMILES string of the molecule is O=C(O)CN1C(=O)/C(=C\c2ccc(Oc3cc([N+](=O)[O-])cc([N+](=O)[O-])c3)cc2)SC1=S. The van der Waals surface area contributed by atoms with Gasteiger partial charge in [-0.1, -0.05) is 36.1 Å². The van der Waals surface area contributed by atoms with Crippen LogP contribution >= 0.6 is 24.0 Å². The molecule has 2 aromatic carbocycles. The van der Waals surface area contributed by atoms with E-state index in [1.54, 1.807) is 12.1 Å². The van der Waals surface area contributed by atoms with Gasteiger partial charge in [-0.05, 0) is 23.8 Å². The number of thioether (sulfide) groups is 1. The van der Waals surface area contributed by atoms with Crippen molar-refractivity contribution in [1.29, 1.82) is 0 Å². The number of nitro benzene ring substituents is 2. The van der Waals surface area contributed by atoms with Crippen molar-refractivity contribution >= 4 is 57.6 Å². The number of benzene rings is 2. The number of carboxylic acid groups (broad SMARTS) is 1. The van der Waals surface area contributed by atoms with Gasteiger partial charge in [0.1, 0.15) is 22.4 Å². The van der Waals surface area contributed by atoms with Gasteiger partial charge in [0.15, 0.2) is 0 Å². The Morgan fingerprint density at radius 1 is 1.10 bits per heavy atom. The molecule has 0 spiro atoms. The summed E-state index contributed by atoms with van der Waals surface area (Å²) in [7, 11) is 0. The molecule has 31 heavy (non-hydrogen) atoms. The van der Waals surface area contributed by atoms with Gasteiger partial charge >= 0.3 is 5.97 Å². The number of ether oxygens (including phenoxy) is 1. The van der Waals surface area contributed by atoms with Crippen molar-refractivity contribution in [3.8, 4) is 11.5 Å². The second kappa shape index (κ2) is 8.89. The standard InChI is InChI=1S/C18H11N3O8S2/c22-16(23)9-19-17(24)15(31-18(19)30)5-10-1-3-13(4-2-10)29-14-7-11(20(25)26)6-12(8-14)21(27)28/h1-8H,9H2,(H,22,23)/b15-5+. The molecule has 1 fully saturated rings. The number of nitro groups is 2. The highest BCUT2D eigenvalue weighted by molar-refractivity contribution is 8.26. The van der Waals surface area contributed by atoms with Crippen molar-refractivity contribution in [2.45, 2.75) is 0 Å². The van der Waals surface area contributed by atoms with Crippen LogP contribution in [0, 0.1) is 20.2 Å². The van der Waals surface area contributed by atoms with E-state index in [0.29, 0.717) is 5.56 Å². The second-order valence-corrected chi connectivity index (χ2v) is 7.71. The van der Waals surface area contributed by atoms with Gasteiger partial charge in [-0.15, -0.1) is 0 Å². The highest BCUT2D eigenvalue weighted by atomic mass is 32.2. The number of amides is 1. The number of rotatable bonds is 7. The Kier molecular flexibility index (Phi) is 6.27. The van der Waals surface area contributed by atoms with Gasteiger partial charge in [-0.25, -0.2) is 0 Å². The molecule has 0 unspecified atom stereocenters. The number of carbonyl (C=O) groups excluding carboxylic acids is 1. The molecule has 0 aromatic heterocycles. The quantitative estimate of drug-likeness (QED) is 0.280. The van der Waals surface area contributed by atoms with Crippen molar-refractivity contribution < 1.29 is 29.3 Å². The van der Waals surface area contributed by atoms with Gasteiger partial charge < -0.3 is 9.84 Å². The van der Waals surface area contributed by atoms with Crippen LogP contribution in [0.1, 0.15) is 5.56 Å². The number of hydrogen-bond donors (Lipinski definition) is 1. The lowest BCUT2D eigenvalue weighted by molar-refractivity contribution is -0.394. The molecular weight excluding hydrogens is 450 g/mol. The molecule has 1 heterocycles. The minimum atomic E-state index is -1.18. The zero-order valence-electron chi connectivity index (χ0n) is 15.3. The first-order valence-electron chi connectivity index (χ1n) is 8.33. The molecule has 0 radical (unpaired) electrons. The molecule has 0 saturated carbocycles. The third kappa shape index (κ3) is 5.21. The topological polar surface area (TPSA) is 153 Å². The predicted molar refractivity (Wildman–Crippen MR) is 114 cm³/mol. The summed E-state index contributed by atoms with van der Waals surface area (Å²) < 4.78 is 5.63. The molecule has 1 amide bonds. The maximum Gasteiger partial charge on any atom is 0.323 e. The van der Waals surface area contributed by atoms with Crippen molar-refractivity contribution in [3.05, 3.63) is 73.2 Å². The number of carboxylic acids is 1. The molecule has 3 rings (SSSR count). The van der Waals surface area contributed by atoms with Gasteiger partial charge in [0.25, 0.3) is 17.3 Å². The molecule has 1 aliphatic heterocycles. The maximum absolute atomic E-state index is 12.3. The predicted octanol–water partition coefficient (Wildman–Crippen LogP) is 3.58. The maximum atomic E-state index is 12.3. The van der Waals surface area contributed by atoms with E-state index in [1.165, 1.54) is 18.2 Å². The number of nitrogens with zero attached hydrogens (tertiary/aromatic N) is 3. The summed E-state index contributed by atoms with van der Waals surface area (Å²) in [5.74, 6) is -1.52. The molecule has 1 N–H and O–H groups in total. The van der Waals surface area contributed by atoms with Crippen LogP contribution in [0.4, 0.5) is 11.4 Å². The molecule has 1 saturated heterocycles. The molecule has 2 aromatic rings. The second-order valence-electron chi connectivity index (χ2n) is 6.03. The lowest BCUT2D eigenvalue weighted by Gasteiger charge is -2.10. The normalized spacial score (nSPS) is 14.7. The van der Waals surface area contributed by atoms with E-state index in [1.807, 2.05) is 0 Å². The fourth-order valence-electron chi connectivity index (χ4n) is 2.53. The fourth-order valence-corrected chi connectivity index (χ4v) is 3.78. The minimum Gasteiger partial charge on any atom is -0.480 e. The average molecular weight is 461 g/mol. The molecule has 13 heteroatoms. The summed E-state index contributed by atoms with van der Waals surface area (Å²) in [6, 6.07) is 9.15. The molecule has 11 nitrogen and oxygen atoms in total. The highest BCUT2D eigenvalue weighted by Crippen LogP contribution is 2.33. The monoisotopic (exact) mass is 461 g/mol. The zero-order valence-corrected chi connectivity index (χ0v) is 16.9. The van der Waals surface area contributed by atoms with Crippen molar-refractivity contribution in [3.63, 3.8) is 0 Å². The number of carbonyl (C=O) groups is 2. The van der Waals surface area contributed by atoms with E-state index in [9.17, 15) is 29.8 Å². The Bertz CT molecular complexity index is 1110. The van der Waals surface area contributed by atoms with E-state index in [4.69, 9.17) is 22.1 Å². The minimum absolute atomic E-state index is 0.0804. The van der Waals surface area contributed by atoms with Crippen LogP contribution in [-0.4, -0.2) is 42.6 Å². The highest BCUT2D eigenvalue weighted by Gasteiger charge is 2.33. The Balaban J connectivity index is 1.79. The van der Waals surface area contributed by atoms with Crippen LogP contribution in [0.3, 0.4) is 0 Å². The van der Waals surface area contributed by atoms with Gasteiger partial charge in [0, 0.05) is 0 Å². The van der Waals surface area contributed by atoms with Crippen molar-refractivity contribution in [2.75, 3.05) is 6.54 Å². The first-order chi connectivity index (χ1) is 14.6. The fraction of sp³-hybridized carbons (Fsp3) is 0.0556. The number of thiocarbonyl (C=S) groups is 1. The zero-order chi connectivity index (χ0) is 22.7. The van der Waals surface area contributed by atoms with Crippen molar-refractivity contribution in [1.82, 2.24) is 4.90 Å². The largest absolute Gasteiger partial charge is 0.480 e. The van der Waals surface area contributed by atoms with E-state index in [0.717, 1.165) is 34.9 Å². The summed E-state index contributed by atoms with van der Waals surface area (Å²) in [5.41, 5.74) is -0.374. The van der Waals surface area contributed by atoms with Crippen LogP contribution in [0.5, 0.6) is 11.5 Å². The molecular formula is C18H11N3O8S2. The van der Waals surface area contributed by atoms with E-state index >= 15 is 0 Å². The first-order valence-corrected chi connectivity index (χ1v) is 9.55. The summed E-state index contributed by atoms with van der Waals surface area (Å²) >= 11 is 6.01. The van der Waals surface area contributed by atoms with E-state index in [2.05, 4.69) is 0 Å². The van der Waals surface area contributed by atoms with Crippen LogP contribution in [0.2, 0.25) is 0 Å². The third-order valence-electron chi connectivity index (χ3n) is 3.88. The third-order valence-corrected chi connectivity index (χ3v) is 5.26. The lowest BCUT2D eigenvalue weighted by Crippen LogP contribution is -2.33. The molecule has 158 valence electrons. The molecule has 0 atom stereocenters. The Morgan fingerprint density at radius 2 is 1.68 bits per heavy atom. The summed E-state index contributed by atoms with van der Waals surface area (Å²) in [4.78, 5) is 44.8. The molecule has 1 aliphatic rings. The Labute approximate surface area is 183 Å². The summed E-state index contributed by atoms with van der Waals surface area (Å²) in [5, 5.41) is 30.8. The van der Waals surface area contributed by atoms with Crippen LogP contribution in [0.15, 0.2) is 47.4 Å². The van der Waals surface area contributed by atoms with Gasteiger partial charge in [-0.2, -0.15) is 0 Å². The van der Waals surface area contributed by atoms with Crippen LogP contribution < -0.4 is 4.74 Å². The number of non-ortho nitro benzene ring substituents is 2. The Morgan fingerprint density at radius 3 is 2.19 bits per heavy atom. The molecule has 0 aliphatic carbocycles. The number of aliphatic carboxylic acids is 1. The Hall–Kier alpha value is -3.84. The van der Waals surface area contributed by atoms with Crippen LogP contribution in [0.25, 0.3) is 6.08 Å². The van der Waals surface area contributed by atoms with Gasteiger partial charge in [-0.3, -0.25) is 34.7 Å². The first kappa shape index (κ1) is 21.9. The van der Waals surface area contributed by atoms with Gasteiger partial charge in [0.2, 0.25) is 0 Å². The lowest BCUT2D eigenvalue weighted by atomic mass is 10.2. The van der Waals surface area contributed by atoms with Crippen LogP contribution in [-0.2, 0) is 9.59 Å². The molecule has 0 bridgehead atoms. The van der Waals surface area contributed by atoms with Crippen molar-refractivity contribution in [2.24, 2.45) is 0 Å². The van der Waals surface area contributed by atoms with E-state index in [-0.39, 0.29) is 20.7 Å². The average Bonchev–Trinajstić information content (AvgIpc) is 2.96. The smallest absolute Gasteiger partial charge is 0.323 e. The number of hydrogen-bond acceptors (Lipinski definition) is 9. The summed E-state index contributed by atoms with van der Waals surface area (Å²) in [6.07, 6.45) is 1.53. The summed E-state index contributed by atoms with van der Waals surface area (Å²) in [6.45, 7) is -0.524. The van der Waals surface area contributed by atoms with E-state index < -0.39 is 39.6 Å².